The highest BCUT2D eigenvalue weighted by Gasteiger charge is 2.31. The molecular weight excluding hydrogens is 495 g/mol. The van der Waals surface area contributed by atoms with Crippen LogP contribution < -0.4 is 15.8 Å². The van der Waals surface area contributed by atoms with Crippen molar-refractivity contribution >= 4 is 16.6 Å². The van der Waals surface area contributed by atoms with E-state index in [4.69, 9.17) is 5.73 Å². The second kappa shape index (κ2) is 17.0. The molecule has 36 heavy (non-hydrogen) atoms. The molecule has 0 spiro atoms. The number of rotatable bonds is 16. The highest BCUT2D eigenvalue weighted by atomic mass is 32.2. The van der Waals surface area contributed by atoms with E-state index in [1.807, 2.05) is 11.9 Å². The fraction of sp³-hybridized carbons (Fsp3) is 0.542. The van der Waals surface area contributed by atoms with E-state index in [1.54, 1.807) is 12.1 Å². The largest absolute Gasteiger partial charge is 0.573 e. The number of halogens is 3. The molecule has 1 atom stereocenters. The minimum Gasteiger partial charge on any atom is -0.504 e. The van der Waals surface area contributed by atoms with E-state index in [-0.39, 0.29) is 11.5 Å². The van der Waals surface area contributed by atoms with E-state index in [0.717, 1.165) is 37.9 Å². The number of nitrogens with one attached hydrogen (secondary N) is 1. The van der Waals surface area contributed by atoms with Crippen LogP contribution in [0.4, 0.5) is 13.2 Å². The third-order valence-corrected chi connectivity index (χ3v) is 5.53. The first-order chi connectivity index (χ1) is 17.1. The molecule has 0 aromatic heterocycles. The topological polar surface area (TPSA) is 103 Å². The predicted molar refractivity (Wildman–Crippen MR) is 139 cm³/mol. The molecule has 0 saturated carbocycles. The van der Waals surface area contributed by atoms with E-state index in [0.29, 0.717) is 32.0 Å². The molecule has 204 valence electrons. The lowest BCUT2D eigenvalue weighted by Gasteiger charge is -2.27. The summed E-state index contributed by atoms with van der Waals surface area (Å²) < 4.78 is 52.7. The van der Waals surface area contributed by atoms with Crippen LogP contribution in [0.1, 0.15) is 31.7 Å². The van der Waals surface area contributed by atoms with Crippen LogP contribution in [-0.4, -0.2) is 77.3 Å². The highest BCUT2D eigenvalue weighted by molar-refractivity contribution is 7.87. The maximum Gasteiger partial charge on any atom is 0.573 e. The van der Waals surface area contributed by atoms with Gasteiger partial charge in [-0.05, 0) is 57.1 Å². The number of alkyl halides is 3. The van der Waals surface area contributed by atoms with Gasteiger partial charge in [-0.2, -0.15) is 0 Å². The van der Waals surface area contributed by atoms with Crippen molar-refractivity contribution in [3.8, 4) is 5.75 Å². The molecule has 0 aliphatic carbocycles. The number of ether oxygens (including phenoxy) is 1. The molecule has 1 rings (SSSR count). The van der Waals surface area contributed by atoms with E-state index >= 15 is 0 Å². The predicted octanol–water partition coefficient (Wildman–Crippen LogP) is 3.71. The Morgan fingerprint density at radius 1 is 1.19 bits per heavy atom. The van der Waals surface area contributed by atoms with Gasteiger partial charge in [0.1, 0.15) is 5.75 Å². The zero-order valence-electron chi connectivity index (χ0n) is 21.1. The Kier molecular flexibility index (Phi) is 14.8. The fourth-order valence-electron chi connectivity index (χ4n) is 3.48. The van der Waals surface area contributed by atoms with Gasteiger partial charge >= 0.3 is 6.36 Å². The number of hydrogen-bond donors (Lipinski definition) is 3. The summed E-state index contributed by atoms with van der Waals surface area (Å²) in [7, 11) is 0.482. The van der Waals surface area contributed by atoms with E-state index < -0.39 is 17.2 Å². The monoisotopic (exact) mass is 533 g/mol. The first kappa shape index (κ1) is 31.5. The number of amidine groups is 1. The molecule has 0 radical (unpaired) electrons. The third-order valence-electron chi connectivity index (χ3n) is 4.98. The summed E-state index contributed by atoms with van der Waals surface area (Å²) in [5.41, 5.74) is 6.32. The molecule has 1 aromatic carbocycles. The lowest BCUT2D eigenvalue weighted by molar-refractivity contribution is -0.274. The van der Waals surface area contributed by atoms with Crippen molar-refractivity contribution in [1.82, 2.24) is 15.1 Å². The number of nitrogens with zero attached hydrogens (tertiary/aromatic N) is 3. The molecule has 8 nitrogen and oxygen atoms in total. The van der Waals surface area contributed by atoms with Gasteiger partial charge in [-0.1, -0.05) is 19.1 Å². The molecule has 0 heterocycles. The van der Waals surface area contributed by atoms with Crippen molar-refractivity contribution in [2.45, 2.75) is 39.1 Å². The molecule has 0 bridgehead atoms. The molecule has 0 saturated heterocycles. The normalized spacial score (nSPS) is 14.0. The minimum absolute atomic E-state index is 0.171. The number of unbranched alkanes of at least 4 members (excludes halogenated alkanes) is 1. The van der Waals surface area contributed by atoms with Crippen molar-refractivity contribution < 1.29 is 27.2 Å². The second-order valence-corrected chi connectivity index (χ2v) is 9.29. The number of aliphatic hydroxyl groups is 1. The number of aliphatic imine (C=N–C) groups is 1. The Morgan fingerprint density at radius 2 is 1.86 bits per heavy atom. The van der Waals surface area contributed by atoms with Crippen molar-refractivity contribution in [2.24, 2.45) is 10.7 Å². The minimum atomic E-state index is -4.71. The molecule has 1 aromatic rings. The van der Waals surface area contributed by atoms with Crippen LogP contribution in [0.2, 0.25) is 0 Å². The van der Waals surface area contributed by atoms with Gasteiger partial charge in [0.05, 0.1) is 0 Å². The van der Waals surface area contributed by atoms with Crippen LogP contribution in [0.3, 0.4) is 0 Å². The summed E-state index contributed by atoms with van der Waals surface area (Å²) in [5.74, 6) is -0.106. The Bertz CT molecular complexity index is 877. The summed E-state index contributed by atoms with van der Waals surface area (Å²) in [5, 5.41) is 14.8. The summed E-state index contributed by atoms with van der Waals surface area (Å²) in [6.45, 7) is 6.18. The molecule has 0 fully saturated rings. The van der Waals surface area contributed by atoms with Gasteiger partial charge < -0.3 is 25.8 Å². The first-order valence-corrected chi connectivity index (χ1v) is 13.4. The number of nitrogens with two attached hydrogens (primary N) is 1. The molecular formula is C24H38F3N5O3S. The second-order valence-electron chi connectivity index (χ2n) is 8.06. The number of aliphatic hydroxyl groups excluding tert-OH is 1. The number of benzene rings is 1. The van der Waals surface area contributed by atoms with Crippen molar-refractivity contribution in [2.75, 3.05) is 46.0 Å². The maximum absolute atomic E-state index is 12.4. The van der Waals surface area contributed by atoms with Crippen LogP contribution >= 0.6 is 0 Å². The summed E-state index contributed by atoms with van der Waals surface area (Å²) in [4.78, 5) is 8.41. The van der Waals surface area contributed by atoms with Crippen molar-refractivity contribution in [1.29, 1.82) is 0 Å². The average molecular weight is 534 g/mol. The fourth-order valence-corrected chi connectivity index (χ4v) is 3.90. The van der Waals surface area contributed by atoms with Crippen molar-refractivity contribution in [3.63, 3.8) is 0 Å². The van der Waals surface area contributed by atoms with Gasteiger partial charge in [0.2, 0.25) is 0 Å². The molecule has 0 aliphatic rings. The molecule has 0 aliphatic heterocycles. The highest BCUT2D eigenvalue weighted by Crippen LogP contribution is 2.23. The van der Waals surface area contributed by atoms with E-state index in [2.05, 4.69) is 26.9 Å². The smallest absolute Gasteiger partial charge is 0.504 e. The van der Waals surface area contributed by atoms with E-state index in [9.17, 15) is 22.5 Å². The number of likely N-dealkylation sites (N-methyl/N-ethyl adjacent to an activating group) is 1. The van der Waals surface area contributed by atoms with Crippen LogP contribution in [0.15, 0.2) is 52.8 Å². The zero-order valence-corrected chi connectivity index (χ0v) is 21.9. The molecule has 4 N–H and O–H groups in total. The van der Waals surface area contributed by atoms with Gasteiger partial charge in [0.25, 0.3) is 0 Å². The standard InChI is InChI=1S/C24H38F3N5O3S/c1-4-14-31(18-20-7-9-21(10-8-20)35-24(25,26)27)15-5-6-16-32(17-13-29-2)23(30-12-11-28)22(33)19-36(3)34/h7-12,19,29,33H,4-6,13-18,28H2,1-3H3/b12-11+,22-19+,30-23+. The van der Waals surface area contributed by atoms with Gasteiger partial charge in [0, 0.05) is 61.0 Å². The first-order valence-electron chi connectivity index (χ1n) is 11.7. The quantitative estimate of drug-likeness (QED) is 0.129. The Labute approximate surface area is 214 Å². The Morgan fingerprint density at radius 3 is 2.42 bits per heavy atom. The molecule has 1 unspecified atom stereocenters. The number of hydrogen-bond acceptors (Lipinski definition) is 7. The molecule has 0 amide bonds. The lowest BCUT2D eigenvalue weighted by atomic mass is 10.2. The summed E-state index contributed by atoms with van der Waals surface area (Å²) >= 11 is 0. The van der Waals surface area contributed by atoms with Crippen LogP contribution in [0.5, 0.6) is 5.75 Å². The van der Waals surface area contributed by atoms with Crippen LogP contribution in [0, 0.1) is 0 Å². The Hall–Kier alpha value is -2.57. The van der Waals surface area contributed by atoms with Gasteiger partial charge in [-0.25, -0.2) is 4.99 Å². The third kappa shape index (κ3) is 13.5. The summed E-state index contributed by atoms with van der Waals surface area (Å²) in [6, 6.07) is 5.94. The molecule has 12 heteroatoms. The van der Waals surface area contributed by atoms with Crippen molar-refractivity contribution in [3.05, 3.63) is 53.4 Å². The van der Waals surface area contributed by atoms with Crippen LogP contribution in [-0.2, 0) is 17.3 Å². The van der Waals surface area contributed by atoms with Gasteiger partial charge in [-0.3, -0.25) is 9.11 Å². The summed E-state index contributed by atoms with van der Waals surface area (Å²) in [6.07, 6.45) is 1.99. The SMILES string of the molecule is CCCN(CCCCN(CCNC)C(=N/C=C/N)/C(O)=C\S(C)=O)Cc1ccc(OC(F)(F)F)cc1. The zero-order chi connectivity index (χ0) is 27.0. The van der Waals surface area contributed by atoms with E-state index in [1.165, 1.54) is 36.2 Å². The maximum atomic E-state index is 12.4. The Balaban J connectivity index is 2.78. The lowest BCUT2D eigenvalue weighted by Crippen LogP contribution is -2.38. The van der Waals surface area contributed by atoms with Gasteiger partial charge in [0.15, 0.2) is 11.6 Å². The average Bonchev–Trinajstić information content (AvgIpc) is 2.79. The van der Waals surface area contributed by atoms with Crippen LogP contribution in [0.25, 0.3) is 0 Å². The van der Waals surface area contributed by atoms with Gasteiger partial charge in [-0.15, -0.1) is 13.2 Å².